The van der Waals surface area contributed by atoms with Crippen molar-refractivity contribution in [3.05, 3.63) is 23.9 Å². The summed E-state index contributed by atoms with van der Waals surface area (Å²) >= 11 is 0. The predicted molar refractivity (Wildman–Crippen MR) is 65.0 cm³/mol. The molecular weight excluding hydrogens is 202 g/mol. The molecule has 0 aliphatic carbocycles. The number of hydrogen-bond donors (Lipinski definition) is 2. The van der Waals surface area contributed by atoms with Crippen LogP contribution in [-0.4, -0.2) is 48.9 Å². The van der Waals surface area contributed by atoms with Gasteiger partial charge in [-0.1, -0.05) is 0 Å². The molecule has 0 amide bonds. The maximum atomic E-state index is 7.29. The van der Waals surface area contributed by atoms with E-state index in [-0.39, 0.29) is 5.84 Å². The number of anilines is 1. The number of pyridine rings is 1. The topological polar surface area (TPSA) is 69.2 Å². The Morgan fingerprint density at radius 3 is 2.50 bits per heavy atom. The molecule has 1 saturated heterocycles. The van der Waals surface area contributed by atoms with Crippen molar-refractivity contribution < 1.29 is 0 Å². The van der Waals surface area contributed by atoms with E-state index in [1.165, 1.54) is 0 Å². The normalized spacial score (nSPS) is 17.4. The molecule has 0 bridgehead atoms. The highest BCUT2D eigenvalue weighted by atomic mass is 15.3. The first kappa shape index (κ1) is 10.9. The van der Waals surface area contributed by atoms with Gasteiger partial charge in [-0.3, -0.25) is 5.41 Å². The van der Waals surface area contributed by atoms with E-state index >= 15 is 0 Å². The number of nitrogens with zero attached hydrogens (tertiary/aromatic N) is 3. The molecule has 5 nitrogen and oxygen atoms in total. The van der Waals surface area contributed by atoms with Crippen molar-refractivity contribution in [1.29, 1.82) is 5.41 Å². The summed E-state index contributed by atoms with van der Waals surface area (Å²) in [6.45, 7) is 4.14. The third kappa shape index (κ3) is 2.30. The number of aromatic nitrogens is 1. The lowest BCUT2D eigenvalue weighted by molar-refractivity contribution is 0.312. The molecule has 1 aliphatic heterocycles. The van der Waals surface area contributed by atoms with Crippen molar-refractivity contribution in [2.45, 2.75) is 0 Å². The van der Waals surface area contributed by atoms with Gasteiger partial charge in [-0.05, 0) is 19.2 Å². The van der Waals surface area contributed by atoms with Crippen LogP contribution in [0.1, 0.15) is 5.56 Å². The lowest BCUT2D eigenvalue weighted by Gasteiger charge is -2.33. The van der Waals surface area contributed by atoms with Crippen LogP contribution in [0, 0.1) is 5.41 Å². The van der Waals surface area contributed by atoms with Crippen molar-refractivity contribution in [1.82, 2.24) is 9.88 Å². The largest absolute Gasteiger partial charge is 0.384 e. The molecule has 0 atom stereocenters. The van der Waals surface area contributed by atoms with Crippen molar-refractivity contribution in [3.8, 4) is 0 Å². The SMILES string of the molecule is CN1CCN(c2ccc(C(=N)N)cn2)CC1. The molecule has 5 heteroatoms. The van der Waals surface area contributed by atoms with Gasteiger partial charge in [0, 0.05) is 37.9 Å². The van der Waals surface area contributed by atoms with Gasteiger partial charge in [0.1, 0.15) is 11.7 Å². The fourth-order valence-electron chi connectivity index (χ4n) is 1.77. The van der Waals surface area contributed by atoms with Crippen LogP contribution in [0.15, 0.2) is 18.3 Å². The molecule has 2 rings (SSSR count). The van der Waals surface area contributed by atoms with Crippen molar-refractivity contribution in [2.75, 3.05) is 38.1 Å². The average molecular weight is 219 g/mol. The molecule has 16 heavy (non-hydrogen) atoms. The van der Waals surface area contributed by atoms with Gasteiger partial charge in [0.05, 0.1) is 0 Å². The summed E-state index contributed by atoms with van der Waals surface area (Å²) in [5.74, 6) is 1.04. The van der Waals surface area contributed by atoms with Crippen molar-refractivity contribution in [2.24, 2.45) is 5.73 Å². The van der Waals surface area contributed by atoms with E-state index in [2.05, 4.69) is 21.8 Å². The second kappa shape index (κ2) is 4.49. The number of likely N-dealkylation sites (N-methyl/N-ethyl adjacent to an activating group) is 1. The quantitative estimate of drug-likeness (QED) is 0.547. The Labute approximate surface area is 95.4 Å². The monoisotopic (exact) mass is 219 g/mol. The fraction of sp³-hybridized carbons (Fsp3) is 0.455. The molecule has 2 heterocycles. The van der Waals surface area contributed by atoms with Crippen LogP contribution in [0.5, 0.6) is 0 Å². The molecule has 1 aromatic heterocycles. The van der Waals surface area contributed by atoms with Crippen LogP contribution in [0.25, 0.3) is 0 Å². The molecule has 0 saturated carbocycles. The summed E-state index contributed by atoms with van der Waals surface area (Å²) in [5, 5.41) is 7.29. The molecule has 3 N–H and O–H groups in total. The first-order valence-corrected chi connectivity index (χ1v) is 5.41. The second-order valence-electron chi connectivity index (χ2n) is 4.11. The standard InChI is InChI=1S/C11H17N5/c1-15-4-6-16(7-5-15)10-3-2-9(8-14-10)11(12)13/h2-3,8H,4-7H2,1H3,(H3,12,13). The Bertz CT molecular complexity index is 364. The minimum Gasteiger partial charge on any atom is -0.384 e. The zero-order chi connectivity index (χ0) is 11.5. The Balaban J connectivity index is 2.07. The molecule has 1 aliphatic rings. The molecule has 0 spiro atoms. The number of nitrogen functional groups attached to an aromatic ring is 1. The van der Waals surface area contributed by atoms with Gasteiger partial charge >= 0.3 is 0 Å². The summed E-state index contributed by atoms with van der Waals surface area (Å²) in [6.07, 6.45) is 1.66. The summed E-state index contributed by atoms with van der Waals surface area (Å²) < 4.78 is 0. The molecule has 1 aromatic rings. The average Bonchev–Trinajstić information content (AvgIpc) is 2.30. The van der Waals surface area contributed by atoms with Crippen LogP contribution in [0.3, 0.4) is 0 Å². The van der Waals surface area contributed by atoms with E-state index in [0.717, 1.165) is 32.0 Å². The van der Waals surface area contributed by atoms with Crippen LogP contribution >= 0.6 is 0 Å². The highest BCUT2D eigenvalue weighted by Gasteiger charge is 2.14. The highest BCUT2D eigenvalue weighted by molar-refractivity contribution is 5.94. The predicted octanol–water partition coefficient (Wildman–Crippen LogP) is 0.117. The lowest BCUT2D eigenvalue weighted by Crippen LogP contribution is -2.44. The molecule has 0 unspecified atom stereocenters. The minimum atomic E-state index is 0.0671. The maximum absolute atomic E-state index is 7.29. The molecule has 1 fully saturated rings. The van der Waals surface area contributed by atoms with E-state index in [9.17, 15) is 0 Å². The fourth-order valence-corrected chi connectivity index (χ4v) is 1.77. The van der Waals surface area contributed by atoms with Gasteiger partial charge in [0.2, 0.25) is 0 Å². The van der Waals surface area contributed by atoms with Crippen LogP contribution < -0.4 is 10.6 Å². The summed E-state index contributed by atoms with van der Waals surface area (Å²) in [6, 6.07) is 3.78. The van der Waals surface area contributed by atoms with Crippen molar-refractivity contribution >= 4 is 11.7 Å². The first-order chi connectivity index (χ1) is 7.66. The third-order valence-corrected chi connectivity index (χ3v) is 2.89. The first-order valence-electron chi connectivity index (χ1n) is 5.41. The smallest absolute Gasteiger partial charge is 0.128 e. The Morgan fingerprint density at radius 2 is 2.00 bits per heavy atom. The van der Waals surface area contributed by atoms with E-state index in [0.29, 0.717) is 5.56 Å². The number of nitrogens with one attached hydrogen (secondary N) is 1. The third-order valence-electron chi connectivity index (χ3n) is 2.89. The number of nitrogens with two attached hydrogens (primary N) is 1. The minimum absolute atomic E-state index is 0.0671. The Kier molecular flexibility index (Phi) is 3.05. The van der Waals surface area contributed by atoms with Gasteiger partial charge in [0.25, 0.3) is 0 Å². The van der Waals surface area contributed by atoms with Gasteiger partial charge in [-0.15, -0.1) is 0 Å². The summed E-state index contributed by atoms with van der Waals surface area (Å²) in [4.78, 5) is 8.90. The Hall–Kier alpha value is -1.62. The number of piperazine rings is 1. The van der Waals surface area contributed by atoms with E-state index in [4.69, 9.17) is 11.1 Å². The molecule has 86 valence electrons. The van der Waals surface area contributed by atoms with Gasteiger partial charge < -0.3 is 15.5 Å². The Morgan fingerprint density at radius 1 is 1.31 bits per heavy atom. The van der Waals surface area contributed by atoms with Gasteiger partial charge in [-0.2, -0.15) is 0 Å². The number of amidine groups is 1. The van der Waals surface area contributed by atoms with Crippen LogP contribution in [-0.2, 0) is 0 Å². The highest BCUT2D eigenvalue weighted by Crippen LogP contribution is 2.13. The number of rotatable bonds is 2. The van der Waals surface area contributed by atoms with Crippen molar-refractivity contribution in [3.63, 3.8) is 0 Å². The zero-order valence-corrected chi connectivity index (χ0v) is 9.48. The van der Waals surface area contributed by atoms with Gasteiger partial charge in [0.15, 0.2) is 0 Å². The molecule has 0 aromatic carbocycles. The van der Waals surface area contributed by atoms with Crippen LogP contribution in [0.4, 0.5) is 5.82 Å². The second-order valence-corrected chi connectivity index (χ2v) is 4.11. The number of hydrogen-bond acceptors (Lipinski definition) is 4. The van der Waals surface area contributed by atoms with E-state index in [1.54, 1.807) is 6.20 Å². The van der Waals surface area contributed by atoms with Gasteiger partial charge in [-0.25, -0.2) is 4.98 Å². The molecule has 0 radical (unpaired) electrons. The summed E-state index contributed by atoms with van der Waals surface area (Å²) in [7, 11) is 2.13. The lowest BCUT2D eigenvalue weighted by atomic mass is 10.2. The van der Waals surface area contributed by atoms with E-state index in [1.807, 2.05) is 12.1 Å². The van der Waals surface area contributed by atoms with Crippen LogP contribution in [0.2, 0.25) is 0 Å². The maximum Gasteiger partial charge on any atom is 0.128 e. The van der Waals surface area contributed by atoms with E-state index < -0.39 is 0 Å². The molecular formula is C11H17N5. The zero-order valence-electron chi connectivity index (χ0n) is 9.48. The summed E-state index contributed by atoms with van der Waals surface area (Å²) in [5.41, 5.74) is 6.06.